The summed E-state index contributed by atoms with van der Waals surface area (Å²) in [7, 11) is 3.18. The predicted octanol–water partition coefficient (Wildman–Crippen LogP) is 3.83. The molecule has 1 atom stereocenters. The van der Waals surface area contributed by atoms with E-state index in [1.54, 1.807) is 26.4 Å². The summed E-state index contributed by atoms with van der Waals surface area (Å²) in [4.78, 5) is 0. The summed E-state index contributed by atoms with van der Waals surface area (Å²) in [6, 6.07) is 8.50. The van der Waals surface area contributed by atoms with E-state index in [4.69, 9.17) is 14.2 Å². The summed E-state index contributed by atoms with van der Waals surface area (Å²) in [5.41, 5.74) is 2.41. The first-order valence-corrected chi connectivity index (χ1v) is 6.84. The smallest absolute Gasteiger partial charge is 0.131 e. The van der Waals surface area contributed by atoms with E-state index in [0.717, 1.165) is 23.3 Å². The van der Waals surface area contributed by atoms with Gasteiger partial charge in [0.15, 0.2) is 0 Å². The minimum atomic E-state index is -0.265. The first-order chi connectivity index (χ1) is 10.1. The van der Waals surface area contributed by atoms with Crippen molar-refractivity contribution in [1.29, 1.82) is 0 Å². The van der Waals surface area contributed by atoms with Crippen LogP contribution in [0.2, 0.25) is 0 Å². The highest BCUT2D eigenvalue weighted by Gasteiger charge is 2.25. The highest BCUT2D eigenvalue weighted by Crippen LogP contribution is 2.43. The molecule has 0 aromatic heterocycles. The number of benzene rings is 2. The van der Waals surface area contributed by atoms with Crippen molar-refractivity contribution in [2.24, 2.45) is 0 Å². The fraction of sp³-hybridized carbons (Fsp3) is 0.294. The molecule has 1 unspecified atom stereocenters. The summed E-state index contributed by atoms with van der Waals surface area (Å²) in [6.45, 7) is 1.98. The van der Waals surface area contributed by atoms with Gasteiger partial charge in [-0.2, -0.15) is 0 Å². The Labute approximate surface area is 123 Å². The van der Waals surface area contributed by atoms with Crippen molar-refractivity contribution in [3.8, 4) is 28.4 Å². The summed E-state index contributed by atoms with van der Waals surface area (Å²) in [6.07, 6.45) is 0.781. The molecule has 4 heteroatoms. The molecule has 3 nitrogen and oxygen atoms in total. The van der Waals surface area contributed by atoms with Gasteiger partial charge in [0.25, 0.3) is 0 Å². The first-order valence-electron chi connectivity index (χ1n) is 6.84. The van der Waals surface area contributed by atoms with Crippen molar-refractivity contribution in [3.05, 3.63) is 41.7 Å². The Bertz CT molecular complexity index is 682. The minimum Gasteiger partial charge on any atom is -0.497 e. The van der Waals surface area contributed by atoms with Crippen LogP contribution in [0.1, 0.15) is 12.5 Å². The van der Waals surface area contributed by atoms with Gasteiger partial charge in [0.2, 0.25) is 0 Å². The Morgan fingerprint density at radius 2 is 1.90 bits per heavy atom. The van der Waals surface area contributed by atoms with Gasteiger partial charge in [-0.1, -0.05) is 0 Å². The average molecular weight is 288 g/mol. The van der Waals surface area contributed by atoms with E-state index in [2.05, 4.69) is 0 Å². The first kappa shape index (κ1) is 13.7. The maximum absolute atomic E-state index is 13.9. The zero-order valence-electron chi connectivity index (χ0n) is 12.3. The van der Waals surface area contributed by atoms with Crippen molar-refractivity contribution in [2.75, 3.05) is 14.2 Å². The highest BCUT2D eigenvalue weighted by atomic mass is 19.1. The lowest BCUT2D eigenvalue weighted by molar-refractivity contribution is 0.255. The van der Waals surface area contributed by atoms with Crippen LogP contribution in [-0.2, 0) is 6.42 Å². The SMILES string of the molecule is COc1ccc(-c2cc(F)cc3c2OC(C)C3)c(OC)c1. The lowest BCUT2D eigenvalue weighted by Crippen LogP contribution is -2.05. The fourth-order valence-corrected chi connectivity index (χ4v) is 2.71. The van der Waals surface area contributed by atoms with Crippen LogP contribution < -0.4 is 14.2 Å². The maximum Gasteiger partial charge on any atom is 0.131 e. The van der Waals surface area contributed by atoms with Crippen molar-refractivity contribution in [2.45, 2.75) is 19.4 Å². The van der Waals surface area contributed by atoms with Crippen LogP contribution in [0.25, 0.3) is 11.1 Å². The van der Waals surface area contributed by atoms with E-state index in [1.807, 2.05) is 19.1 Å². The third-order valence-corrected chi connectivity index (χ3v) is 3.66. The standard InChI is InChI=1S/C17H17FO3/c1-10-6-11-7-12(18)8-15(17(11)21-10)14-5-4-13(19-2)9-16(14)20-3/h4-5,7-10H,6H2,1-3H3. The Morgan fingerprint density at radius 3 is 2.62 bits per heavy atom. The summed E-state index contributed by atoms with van der Waals surface area (Å²) >= 11 is 0. The molecule has 2 aromatic carbocycles. The predicted molar refractivity (Wildman–Crippen MR) is 78.7 cm³/mol. The molecule has 0 N–H and O–H groups in total. The fourth-order valence-electron chi connectivity index (χ4n) is 2.71. The molecule has 0 fully saturated rings. The monoisotopic (exact) mass is 288 g/mol. The lowest BCUT2D eigenvalue weighted by atomic mass is 9.99. The molecular formula is C17H17FO3. The van der Waals surface area contributed by atoms with Crippen molar-refractivity contribution in [3.63, 3.8) is 0 Å². The van der Waals surface area contributed by atoms with Gasteiger partial charge in [-0.3, -0.25) is 0 Å². The van der Waals surface area contributed by atoms with Gasteiger partial charge >= 0.3 is 0 Å². The van der Waals surface area contributed by atoms with Gasteiger partial charge in [0, 0.05) is 29.2 Å². The van der Waals surface area contributed by atoms with Gasteiger partial charge in [0.1, 0.15) is 29.2 Å². The highest BCUT2D eigenvalue weighted by molar-refractivity contribution is 5.78. The molecule has 1 aliphatic heterocycles. The number of rotatable bonds is 3. The second-order valence-corrected chi connectivity index (χ2v) is 5.14. The normalized spacial score (nSPS) is 16.3. The third-order valence-electron chi connectivity index (χ3n) is 3.66. The molecular weight excluding hydrogens is 271 g/mol. The second-order valence-electron chi connectivity index (χ2n) is 5.14. The van der Waals surface area contributed by atoms with Crippen LogP contribution in [0.3, 0.4) is 0 Å². The molecule has 0 saturated carbocycles. The van der Waals surface area contributed by atoms with Crippen LogP contribution >= 0.6 is 0 Å². The molecule has 0 amide bonds. The Balaban J connectivity index is 2.18. The van der Waals surface area contributed by atoms with Gasteiger partial charge < -0.3 is 14.2 Å². The van der Waals surface area contributed by atoms with E-state index in [9.17, 15) is 4.39 Å². The van der Waals surface area contributed by atoms with Crippen LogP contribution in [0.15, 0.2) is 30.3 Å². The molecule has 21 heavy (non-hydrogen) atoms. The topological polar surface area (TPSA) is 27.7 Å². The molecule has 1 heterocycles. The van der Waals surface area contributed by atoms with Gasteiger partial charge in [-0.15, -0.1) is 0 Å². The van der Waals surface area contributed by atoms with E-state index >= 15 is 0 Å². The summed E-state index contributed by atoms with van der Waals surface area (Å²) in [5.74, 6) is 1.80. The Morgan fingerprint density at radius 1 is 1.10 bits per heavy atom. The van der Waals surface area contributed by atoms with Crippen LogP contribution in [0.4, 0.5) is 4.39 Å². The third kappa shape index (κ3) is 2.42. The van der Waals surface area contributed by atoms with E-state index < -0.39 is 0 Å². The molecule has 3 rings (SSSR count). The Hall–Kier alpha value is -2.23. The zero-order chi connectivity index (χ0) is 15.0. The lowest BCUT2D eigenvalue weighted by Gasteiger charge is -2.14. The molecule has 2 aromatic rings. The molecule has 0 radical (unpaired) electrons. The quantitative estimate of drug-likeness (QED) is 0.859. The number of halogens is 1. The van der Waals surface area contributed by atoms with Crippen LogP contribution in [0, 0.1) is 5.82 Å². The van der Waals surface area contributed by atoms with E-state index in [-0.39, 0.29) is 11.9 Å². The maximum atomic E-state index is 13.9. The number of ether oxygens (including phenoxy) is 3. The van der Waals surface area contributed by atoms with Crippen LogP contribution in [-0.4, -0.2) is 20.3 Å². The molecule has 0 aliphatic carbocycles. The van der Waals surface area contributed by atoms with Crippen LogP contribution in [0.5, 0.6) is 17.2 Å². The molecule has 0 bridgehead atoms. The average Bonchev–Trinajstić information content (AvgIpc) is 2.85. The zero-order valence-corrected chi connectivity index (χ0v) is 12.3. The second kappa shape index (κ2) is 5.28. The van der Waals surface area contributed by atoms with Crippen molar-refractivity contribution < 1.29 is 18.6 Å². The molecule has 1 aliphatic rings. The molecule has 110 valence electrons. The summed E-state index contributed by atoms with van der Waals surface area (Å²) in [5, 5.41) is 0. The number of hydrogen-bond acceptors (Lipinski definition) is 3. The largest absolute Gasteiger partial charge is 0.497 e. The van der Waals surface area contributed by atoms with Gasteiger partial charge in [-0.05, 0) is 31.2 Å². The summed E-state index contributed by atoms with van der Waals surface area (Å²) < 4.78 is 30.4. The van der Waals surface area contributed by atoms with Crippen molar-refractivity contribution >= 4 is 0 Å². The minimum absolute atomic E-state index is 0.0600. The molecule has 0 saturated heterocycles. The van der Waals surface area contributed by atoms with Crippen molar-refractivity contribution in [1.82, 2.24) is 0 Å². The number of fused-ring (bicyclic) bond motifs is 1. The number of methoxy groups -OCH3 is 2. The molecule has 0 spiro atoms. The van der Waals surface area contributed by atoms with E-state index in [1.165, 1.54) is 6.07 Å². The Kier molecular flexibility index (Phi) is 3.45. The van der Waals surface area contributed by atoms with Gasteiger partial charge in [0.05, 0.1) is 14.2 Å². The number of hydrogen-bond donors (Lipinski definition) is 0. The van der Waals surface area contributed by atoms with Gasteiger partial charge in [-0.25, -0.2) is 4.39 Å². The van der Waals surface area contributed by atoms with E-state index in [0.29, 0.717) is 17.1 Å².